The van der Waals surface area contributed by atoms with Crippen molar-refractivity contribution in [2.24, 2.45) is 5.73 Å². The van der Waals surface area contributed by atoms with Crippen molar-refractivity contribution in [3.05, 3.63) is 29.8 Å². The molecule has 1 aromatic rings. The van der Waals surface area contributed by atoms with E-state index in [2.05, 4.69) is 9.47 Å². The molecule has 0 amide bonds. The molecule has 0 saturated carbocycles. The van der Waals surface area contributed by atoms with Crippen LogP contribution in [-0.2, 0) is 9.53 Å². The molecule has 1 aromatic carbocycles. The van der Waals surface area contributed by atoms with Crippen molar-refractivity contribution in [1.29, 1.82) is 0 Å². The van der Waals surface area contributed by atoms with Gasteiger partial charge in [-0.3, -0.25) is 4.79 Å². The van der Waals surface area contributed by atoms with Gasteiger partial charge in [-0.15, -0.1) is 0 Å². The zero-order valence-electron chi connectivity index (χ0n) is 10.3. The van der Waals surface area contributed by atoms with Gasteiger partial charge in [0.05, 0.1) is 6.61 Å². The molecule has 0 saturated heterocycles. The quantitative estimate of drug-likeness (QED) is 0.763. The molecule has 0 spiro atoms. The van der Waals surface area contributed by atoms with E-state index in [0.717, 1.165) is 0 Å². The summed E-state index contributed by atoms with van der Waals surface area (Å²) in [4.78, 5) is 11.3. The number of ether oxygens (including phenoxy) is 2. The summed E-state index contributed by atoms with van der Waals surface area (Å²) in [6.45, 7) is -1.15. The van der Waals surface area contributed by atoms with E-state index < -0.39 is 24.7 Å². The number of rotatable bonds is 6. The fraction of sp³-hybridized carbons (Fsp3) is 0.417. The monoisotopic (exact) mass is 275 g/mol. The van der Waals surface area contributed by atoms with Crippen LogP contribution >= 0.6 is 0 Å². The SMILES string of the molecule is CCOC(=O)[C@H](N)[C@H](O)c1ccc(OC(F)F)cc1. The molecule has 0 unspecified atom stereocenters. The molecular formula is C12H15F2NO4. The predicted molar refractivity (Wildman–Crippen MR) is 62.6 cm³/mol. The molecule has 0 fully saturated rings. The largest absolute Gasteiger partial charge is 0.465 e. The number of hydrogen-bond donors (Lipinski definition) is 2. The third-order valence-corrected chi connectivity index (χ3v) is 2.35. The maximum absolute atomic E-state index is 11.9. The van der Waals surface area contributed by atoms with Gasteiger partial charge >= 0.3 is 12.6 Å². The number of alkyl halides is 2. The third kappa shape index (κ3) is 4.46. The van der Waals surface area contributed by atoms with Crippen LogP contribution in [-0.4, -0.2) is 30.3 Å². The lowest BCUT2D eigenvalue weighted by molar-refractivity contribution is -0.147. The molecule has 19 heavy (non-hydrogen) atoms. The van der Waals surface area contributed by atoms with Gasteiger partial charge in [-0.05, 0) is 24.6 Å². The summed E-state index contributed by atoms with van der Waals surface area (Å²) in [6.07, 6.45) is -1.28. The minimum absolute atomic E-state index is 0.0457. The average molecular weight is 275 g/mol. The zero-order valence-corrected chi connectivity index (χ0v) is 10.3. The fourth-order valence-electron chi connectivity index (χ4n) is 1.42. The standard InChI is InChI=1S/C12H15F2NO4/c1-2-18-11(17)9(15)10(16)7-3-5-8(6-4-7)19-12(13)14/h3-6,9-10,12,16H,2,15H2,1H3/t9-,10-/m1/s1. The van der Waals surface area contributed by atoms with Crippen LogP contribution in [0.2, 0.25) is 0 Å². The Balaban J connectivity index is 2.71. The second kappa shape index (κ2) is 7.01. The summed E-state index contributed by atoms with van der Waals surface area (Å²) in [5.74, 6) is -0.779. The lowest BCUT2D eigenvalue weighted by atomic mass is 10.0. The molecular weight excluding hydrogens is 260 g/mol. The first-order chi connectivity index (χ1) is 8.95. The summed E-state index contributed by atoms with van der Waals surface area (Å²) in [7, 11) is 0. The van der Waals surface area contributed by atoms with Crippen molar-refractivity contribution < 1.29 is 28.2 Å². The van der Waals surface area contributed by atoms with E-state index in [1.165, 1.54) is 24.3 Å². The van der Waals surface area contributed by atoms with Gasteiger partial charge in [0, 0.05) is 0 Å². The molecule has 1 rings (SSSR count). The molecule has 106 valence electrons. The lowest BCUT2D eigenvalue weighted by Gasteiger charge is -2.17. The summed E-state index contributed by atoms with van der Waals surface area (Å²) >= 11 is 0. The smallest absolute Gasteiger partial charge is 0.387 e. The Morgan fingerprint density at radius 3 is 2.42 bits per heavy atom. The van der Waals surface area contributed by atoms with E-state index in [1.54, 1.807) is 6.92 Å². The van der Waals surface area contributed by atoms with Crippen LogP contribution in [0.3, 0.4) is 0 Å². The van der Waals surface area contributed by atoms with Crippen molar-refractivity contribution in [3.63, 3.8) is 0 Å². The number of aliphatic hydroxyl groups excluding tert-OH is 1. The lowest BCUT2D eigenvalue weighted by Crippen LogP contribution is -2.38. The molecule has 0 aliphatic heterocycles. The Morgan fingerprint density at radius 1 is 1.37 bits per heavy atom. The van der Waals surface area contributed by atoms with Gasteiger partial charge < -0.3 is 20.3 Å². The van der Waals surface area contributed by atoms with Crippen molar-refractivity contribution in [1.82, 2.24) is 0 Å². The van der Waals surface area contributed by atoms with Crippen LogP contribution in [0.15, 0.2) is 24.3 Å². The van der Waals surface area contributed by atoms with Crippen LogP contribution in [0, 0.1) is 0 Å². The van der Waals surface area contributed by atoms with Crippen LogP contribution in [0.25, 0.3) is 0 Å². The number of halogens is 2. The third-order valence-electron chi connectivity index (χ3n) is 2.35. The molecule has 3 N–H and O–H groups in total. The molecule has 0 bridgehead atoms. The Labute approximate surface area is 108 Å². The Hall–Kier alpha value is -1.73. The van der Waals surface area contributed by atoms with Crippen molar-refractivity contribution in [3.8, 4) is 5.75 Å². The Bertz CT molecular complexity index is 411. The van der Waals surface area contributed by atoms with E-state index in [1.807, 2.05) is 0 Å². The molecule has 0 radical (unpaired) electrons. The first-order valence-electron chi connectivity index (χ1n) is 5.60. The molecule has 0 aliphatic rings. The number of esters is 1. The number of carbonyl (C=O) groups excluding carboxylic acids is 1. The van der Waals surface area contributed by atoms with Crippen molar-refractivity contribution in [2.75, 3.05) is 6.61 Å². The van der Waals surface area contributed by atoms with E-state index >= 15 is 0 Å². The minimum atomic E-state index is -2.92. The van der Waals surface area contributed by atoms with Crippen LogP contribution in [0.5, 0.6) is 5.75 Å². The molecule has 0 aliphatic carbocycles. The molecule has 2 atom stereocenters. The number of benzene rings is 1. The number of nitrogens with two attached hydrogens (primary N) is 1. The highest BCUT2D eigenvalue weighted by Crippen LogP contribution is 2.21. The first-order valence-corrected chi connectivity index (χ1v) is 5.60. The Morgan fingerprint density at radius 2 is 1.95 bits per heavy atom. The van der Waals surface area contributed by atoms with Crippen molar-refractivity contribution in [2.45, 2.75) is 25.7 Å². The van der Waals surface area contributed by atoms with Gasteiger partial charge in [0.25, 0.3) is 0 Å². The zero-order chi connectivity index (χ0) is 14.4. The van der Waals surface area contributed by atoms with Gasteiger partial charge in [0.15, 0.2) is 0 Å². The summed E-state index contributed by atoms with van der Waals surface area (Å²) < 4.78 is 32.7. The first kappa shape index (κ1) is 15.3. The summed E-state index contributed by atoms with van der Waals surface area (Å²) in [5.41, 5.74) is 5.83. The van der Waals surface area contributed by atoms with E-state index in [0.29, 0.717) is 5.56 Å². The van der Waals surface area contributed by atoms with Gasteiger partial charge in [-0.2, -0.15) is 8.78 Å². The normalized spacial score (nSPS) is 14.0. The maximum Gasteiger partial charge on any atom is 0.387 e. The molecule has 0 heterocycles. The van der Waals surface area contributed by atoms with Gasteiger partial charge in [-0.1, -0.05) is 12.1 Å². The topological polar surface area (TPSA) is 81.8 Å². The summed E-state index contributed by atoms with van der Waals surface area (Å²) in [6, 6.07) is 3.97. The van der Waals surface area contributed by atoms with E-state index in [9.17, 15) is 18.7 Å². The average Bonchev–Trinajstić information content (AvgIpc) is 2.37. The molecule has 0 aromatic heterocycles. The highest BCUT2D eigenvalue weighted by Gasteiger charge is 2.25. The predicted octanol–water partition coefficient (Wildman–Crippen LogP) is 1.21. The van der Waals surface area contributed by atoms with Crippen LogP contribution in [0.4, 0.5) is 8.78 Å². The maximum atomic E-state index is 11.9. The van der Waals surface area contributed by atoms with Gasteiger partial charge in [0.2, 0.25) is 0 Å². The van der Waals surface area contributed by atoms with E-state index in [-0.39, 0.29) is 12.4 Å². The Kier molecular flexibility index (Phi) is 5.65. The fourth-order valence-corrected chi connectivity index (χ4v) is 1.42. The molecule has 5 nitrogen and oxygen atoms in total. The van der Waals surface area contributed by atoms with Crippen LogP contribution < -0.4 is 10.5 Å². The highest BCUT2D eigenvalue weighted by atomic mass is 19.3. The summed E-state index contributed by atoms with van der Waals surface area (Å²) in [5, 5.41) is 9.84. The van der Waals surface area contributed by atoms with Gasteiger partial charge in [0.1, 0.15) is 17.9 Å². The minimum Gasteiger partial charge on any atom is -0.465 e. The van der Waals surface area contributed by atoms with E-state index in [4.69, 9.17) is 5.73 Å². The van der Waals surface area contributed by atoms with Gasteiger partial charge in [-0.25, -0.2) is 0 Å². The number of aliphatic hydroxyl groups is 1. The molecule has 7 heteroatoms. The number of hydrogen-bond acceptors (Lipinski definition) is 5. The highest BCUT2D eigenvalue weighted by molar-refractivity contribution is 5.76. The second-order valence-electron chi connectivity index (χ2n) is 3.67. The van der Waals surface area contributed by atoms with Crippen molar-refractivity contribution >= 4 is 5.97 Å². The van der Waals surface area contributed by atoms with Crippen LogP contribution in [0.1, 0.15) is 18.6 Å². The number of carbonyl (C=O) groups is 1. The second-order valence-corrected chi connectivity index (χ2v) is 3.67.